The minimum atomic E-state index is -0.817. The van der Waals surface area contributed by atoms with Crippen molar-refractivity contribution in [2.24, 2.45) is 5.92 Å². The Hall–Kier alpha value is -2.50. The van der Waals surface area contributed by atoms with Crippen LogP contribution in [-0.4, -0.2) is 24.0 Å². The van der Waals surface area contributed by atoms with E-state index in [-0.39, 0.29) is 5.69 Å². The first-order chi connectivity index (χ1) is 11.5. The lowest BCUT2D eigenvalue weighted by molar-refractivity contribution is 0.102. The molecule has 0 aliphatic carbocycles. The van der Waals surface area contributed by atoms with Gasteiger partial charge in [-0.05, 0) is 43.0 Å². The largest absolute Gasteiger partial charge is 0.370 e. The molecule has 2 aromatic rings. The zero-order valence-electron chi connectivity index (χ0n) is 13.4. The maximum absolute atomic E-state index is 13.6. The lowest BCUT2D eigenvalue weighted by atomic mass is 9.99. The third kappa shape index (κ3) is 3.53. The van der Waals surface area contributed by atoms with Gasteiger partial charge in [0.2, 0.25) is 0 Å². The lowest BCUT2D eigenvalue weighted by Gasteiger charge is -2.31. The van der Waals surface area contributed by atoms with Gasteiger partial charge in [-0.25, -0.2) is 13.8 Å². The Kier molecular flexibility index (Phi) is 4.74. The highest BCUT2D eigenvalue weighted by Gasteiger charge is 2.18. The van der Waals surface area contributed by atoms with Crippen LogP contribution in [0.25, 0.3) is 0 Å². The number of rotatable bonds is 3. The highest BCUT2D eigenvalue weighted by Crippen LogP contribution is 2.23. The molecule has 3 rings (SSSR count). The normalized spacial score (nSPS) is 15.4. The predicted octanol–water partition coefficient (Wildman–Crippen LogP) is 3.85. The molecule has 2 heterocycles. The molecular formula is C18H19F2N3O. The number of benzene rings is 1. The molecule has 0 bridgehead atoms. The summed E-state index contributed by atoms with van der Waals surface area (Å²) >= 11 is 0. The Bertz CT molecular complexity index is 705. The van der Waals surface area contributed by atoms with E-state index in [2.05, 4.69) is 22.1 Å². The van der Waals surface area contributed by atoms with Gasteiger partial charge in [0.05, 0.1) is 11.9 Å². The van der Waals surface area contributed by atoms with Gasteiger partial charge in [-0.3, -0.25) is 4.79 Å². The molecule has 4 nitrogen and oxygen atoms in total. The van der Waals surface area contributed by atoms with E-state index in [0.29, 0.717) is 0 Å². The number of para-hydroxylation sites is 1. The van der Waals surface area contributed by atoms with E-state index >= 15 is 0 Å². The summed E-state index contributed by atoms with van der Waals surface area (Å²) in [6.45, 7) is 4.18. The molecule has 1 amide bonds. The van der Waals surface area contributed by atoms with Crippen LogP contribution in [0.3, 0.4) is 0 Å². The fourth-order valence-electron chi connectivity index (χ4n) is 2.77. The molecule has 0 atom stereocenters. The number of carbonyl (C=O) groups is 1. The maximum Gasteiger partial charge on any atom is 0.274 e. The average Bonchev–Trinajstić information content (AvgIpc) is 2.59. The van der Waals surface area contributed by atoms with Gasteiger partial charge in [0.15, 0.2) is 0 Å². The molecule has 0 unspecified atom stereocenters. The van der Waals surface area contributed by atoms with Crippen LogP contribution >= 0.6 is 0 Å². The first-order valence-electron chi connectivity index (χ1n) is 8.01. The van der Waals surface area contributed by atoms with Crippen LogP contribution in [-0.2, 0) is 0 Å². The summed E-state index contributed by atoms with van der Waals surface area (Å²) < 4.78 is 27.2. The molecule has 0 saturated carbocycles. The number of halogens is 2. The summed E-state index contributed by atoms with van der Waals surface area (Å²) in [6, 6.07) is 6.81. The number of nitrogens with zero attached hydrogens (tertiary/aromatic N) is 2. The topological polar surface area (TPSA) is 45.2 Å². The van der Waals surface area contributed by atoms with Crippen molar-refractivity contribution >= 4 is 17.3 Å². The van der Waals surface area contributed by atoms with Crippen molar-refractivity contribution in [1.82, 2.24) is 4.98 Å². The molecule has 24 heavy (non-hydrogen) atoms. The highest BCUT2D eigenvalue weighted by atomic mass is 19.1. The quantitative estimate of drug-likeness (QED) is 0.929. The Balaban J connectivity index is 1.70. The molecule has 1 aliphatic heterocycles. The van der Waals surface area contributed by atoms with Crippen molar-refractivity contribution in [2.75, 3.05) is 23.3 Å². The molecule has 1 fully saturated rings. The van der Waals surface area contributed by atoms with Crippen molar-refractivity contribution in [1.29, 1.82) is 0 Å². The highest BCUT2D eigenvalue weighted by molar-refractivity contribution is 6.03. The van der Waals surface area contributed by atoms with Crippen LogP contribution < -0.4 is 10.2 Å². The fraction of sp³-hybridized carbons (Fsp3) is 0.333. The second-order valence-corrected chi connectivity index (χ2v) is 6.12. The number of hydrogen-bond donors (Lipinski definition) is 1. The molecule has 1 saturated heterocycles. The van der Waals surface area contributed by atoms with Crippen molar-refractivity contribution in [3.8, 4) is 0 Å². The third-order valence-corrected chi connectivity index (χ3v) is 4.33. The van der Waals surface area contributed by atoms with Crippen molar-refractivity contribution in [3.63, 3.8) is 0 Å². The Morgan fingerprint density at radius 2 is 1.83 bits per heavy atom. The molecule has 1 aromatic carbocycles. The van der Waals surface area contributed by atoms with Crippen LogP contribution in [0.15, 0.2) is 36.5 Å². The number of carbonyl (C=O) groups excluding carboxylic acids is 1. The average molecular weight is 331 g/mol. The van der Waals surface area contributed by atoms with E-state index in [0.717, 1.165) is 49.7 Å². The monoisotopic (exact) mass is 331 g/mol. The lowest BCUT2D eigenvalue weighted by Crippen LogP contribution is -2.32. The fourth-order valence-corrected chi connectivity index (χ4v) is 2.77. The molecule has 126 valence electrons. The van der Waals surface area contributed by atoms with Crippen LogP contribution in [0.2, 0.25) is 0 Å². The van der Waals surface area contributed by atoms with E-state index in [4.69, 9.17) is 0 Å². The second kappa shape index (κ2) is 6.95. The third-order valence-electron chi connectivity index (χ3n) is 4.33. The second-order valence-electron chi connectivity index (χ2n) is 6.12. The Morgan fingerprint density at radius 1 is 1.17 bits per heavy atom. The van der Waals surface area contributed by atoms with Gasteiger partial charge in [0.25, 0.3) is 5.91 Å². The molecular weight excluding hydrogens is 312 g/mol. The standard InChI is InChI=1S/C18H19F2N3O/c1-12-7-9-23(10-8-12)13-5-6-16(21-11-13)18(24)22-17-14(19)3-2-4-15(17)20/h2-6,11-12H,7-10H2,1H3,(H,22,24). The summed E-state index contributed by atoms with van der Waals surface area (Å²) in [6.07, 6.45) is 3.90. The van der Waals surface area contributed by atoms with Gasteiger partial charge in [-0.2, -0.15) is 0 Å². The molecule has 1 aromatic heterocycles. The SMILES string of the molecule is CC1CCN(c2ccc(C(=O)Nc3c(F)cccc3F)nc2)CC1. The van der Waals surface area contributed by atoms with Crippen LogP contribution in [0.5, 0.6) is 0 Å². The summed E-state index contributed by atoms with van der Waals surface area (Å²) in [5.74, 6) is -1.54. The summed E-state index contributed by atoms with van der Waals surface area (Å²) in [4.78, 5) is 18.5. The van der Waals surface area contributed by atoms with E-state index < -0.39 is 23.2 Å². The first-order valence-corrected chi connectivity index (χ1v) is 8.01. The van der Waals surface area contributed by atoms with Crippen LogP contribution in [0.4, 0.5) is 20.2 Å². The molecule has 0 radical (unpaired) electrons. The van der Waals surface area contributed by atoms with Gasteiger partial charge in [-0.1, -0.05) is 13.0 Å². The number of nitrogens with one attached hydrogen (secondary N) is 1. The summed E-state index contributed by atoms with van der Waals surface area (Å²) in [5, 5.41) is 2.23. The first kappa shape index (κ1) is 16.4. The number of anilines is 2. The molecule has 6 heteroatoms. The Morgan fingerprint density at radius 3 is 2.42 bits per heavy atom. The molecule has 1 aliphatic rings. The number of hydrogen-bond acceptors (Lipinski definition) is 3. The predicted molar refractivity (Wildman–Crippen MR) is 89.2 cm³/mol. The van der Waals surface area contributed by atoms with E-state index in [1.165, 1.54) is 6.07 Å². The van der Waals surface area contributed by atoms with Gasteiger partial charge in [0, 0.05) is 13.1 Å². The van der Waals surface area contributed by atoms with Gasteiger partial charge in [-0.15, -0.1) is 0 Å². The minimum absolute atomic E-state index is 0.117. The minimum Gasteiger partial charge on any atom is -0.370 e. The zero-order chi connectivity index (χ0) is 17.1. The van der Waals surface area contributed by atoms with E-state index in [1.54, 1.807) is 12.3 Å². The van der Waals surface area contributed by atoms with Gasteiger partial charge >= 0.3 is 0 Å². The van der Waals surface area contributed by atoms with Crippen molar-refractivity contribution < 1.29 is 13.6 Å². The summed E-state index contributed by atoms with van der Waals surface area (Å²) in [5.41, 5.74) is 0.612. The number of amides is 1. The smallest absolute Gasteiger partial charge is 0.274 e. The molecule has 1 N–H and O–H groups in total. The number of aromatic nitrogens is 1. The van der Waals surface area contributed by atoms with Gasteiger partial charge in [0.1, 0.15) is 23.0 Å². The van der Waals surface area contributed by atoms with Crippen LogP contribution in [0.1, 0.15) is 30.3 Å². The zero-order valence-corrected chi connectivity index (χ0v) is 13.4. The van der Waals surface area contributed by atoms with E-state index in [1.807, 2.05) is 6.07 Å². The van der Waals surface area contributed by atoms with E-state index in [9.17, 15) is 13.6 Å². The van der Waals surface area contributed by atoms with Crippen LogP contribution in [0, 0.1) is 17.6 Å². The van der Waals surface area contributed by atoms with Crippen molar-refractivity contribution in [2.45, 2.75) is 19.8 Å². The maximum atomic E-state index is 13.6. The molecule has 0 spiro atoms. The van der Waals surface area contributed by atoms with Crippen molar-refractivity contribution in [3.05, 3.63) is 53.9 Å². The Labute approximate surface area is 139 Å². The number of pyridine rings is 1. The number of piperidine rings is 1. The summed E-state index contributed by atoms with van der Waals surface area (Å²) in [7, 11) is 0. The van der Waals surface area contributed by atoms with Gasteiger partial charge < -0.3 is 10.2 Å².